The van der Waals surface area contributed by atoms with Crippen molar-refractivity contribution in [2.45, 2.75) is 37.2 Å². The molecule has 4 N–H and O–H groups in total. The number of hydrogen-bond donors (Lipinski definition) is 3. The van der Waals surface area contributed by atoms with Crippen LogP contribution in [0, 0.1) is 0 Å². The first-order chi connectivity index (χ1) is 10.6. The Morgan fingerprint density at radius 1 is 1.55 bits per heavy atom. The number of aliphatic hydroxyl groups excluding tert-OH is 2. The van der Waals surface area contributed by atoms with E-state index in [9.17, 15) is 10.2 Å². The Bertz CT molecular complexity index is 700. The van der Waals surface area contributed by atoms with Gasteiger partial charge in [0.1, 0.15) is 36.0 Å². The number of hydrogen-bond acceptors (Lipinski definition) is 8. The van der Waals surface area contributed by atoms with Crippen molar-refractivity contribution < 1.29 is 14.9 Å². The number of thiophene rings is 1. The Labute approximate surface area is 131 Å². The minimum Gasteiger partial charge on any atom is -0.393 e. The third kappa shape index (κ3) is 2.03. The number of rotatable bonds is 4. The number of nitrogens with two attached hydrogens (primary N) is 1. The summed E-state index contributed by atoms with van der Waals surface area (Å²) in [7, 11) is 0. The van der Waals surface area contributed by atoms with Crippen molar-refractivity contribution in [2.24, 2.45) is 4.99 Å². The molecule has 8 heteroatoms. The molecule has 7 nitrogen and oxygen atoms in total. The van der Waals surface area contributed by atoms with E-state index in [1.165, 1.54) is 17.7 Å². The molecule has 22 heavy (non-hydrogen) atoms. The van der Waals surface area contributed by atoms with Crippen LogP contribution in [-0.2, 0) is 4.74 Å². The van der Waals surface area contributed by atoms with Crippen molar-refractivity contribution in [1.29, 1.82) is 0 Å². The number of ether oxygens (including phenoxy) is 1. The molecule has 2 aromatic rings. The maximum absolute atomic E-state index is 10.5. The lowest BCUT2D eigenvalue weighted by atomic mass is 9.90. The minimum atomic E-state index is -1.04. The van der Waals surface area contributed by atoms with Crippen molar-refractivity contribution in [2.75, 3.05) is 12.3 Å². The monoisotopic (exact) mass is 322 g/mol. The van der Waals surface area contributed by atoms with Crippen LogP contribution >= 0.6 is 11.3 Å². The molecule has 1 aliphatic heterocycles. The first-order valence-electron chi connectivity index (χ1n) is 6.98. The highest BCUT2D eigenvalue weighted by Crippen LogP contribution is 2.46. The molecule has 3 heterocycles. The molecular formula is C14H18N4O3S. The van der Waals surface area contributed by atoms with Gasteiger partial charge in [-0.3, -0.25) is 4.99 Å². The summed E-state index contributed by atoms with van der Waals surface area (Å²) < 4.78 is 6.80. The van der Waals surface area contributed by atoms with Gasteiger partial charge in [-0.25, -0.2) is 9.97 Å². The van der Waals surface area contributed by atoms with E-state index < -0.39 is 23.9 Å². The average molecular weight is 322 g/mol. The van der Waals surface area contributed by atoms with E-state index in [1.807, 2.05) is 12.3 Å². The fourth-order valence-electron chi connectivity index (χ4n) is 2.94. The second kappa shape index (κ2) is 5.54. The van der Waals surface area contributed by atoms with Gasteiger partial charge in [-0.2, -0.15) is 0 Å². The largest absolute Gasteiger partial charge is 0.393 e. The molecule has 0 spiro atoms. The molecule has 1 saturated heterocycles. The number of aromatic nitrogens is 2. The van der Waals surface area contributed by atoms with Crippen LogP contribution in [0.3, 0.4) is 0 Å². The molecule has 1 fully saturated rings. The van der Waals surface area contributed by atoms with Crippen molar-refractivity contribution in [3.63, 3.8) is 0 Å². The molecule has 0 amide bonds. The fraction of sp³-hybridized carbons (Fsp3) is 0.500. The van der Waals surface area contributed by atoms with Gasteiger partial charge in [-0.05, 0) is 18.5 Å². The van der Waals surface area contributed by atoms with Gasteiger partial charge >= 0.3 is 0 Å². The summed E-state index contributed by atoms with van der Waals surface area (Å²) in [6.45, 7) is 5.13. The van der Waals surface area contributed by atoms with Crippen LogP contribution < -0.4 is 5.73 Å². The van der Waals surface area contributed by atoms with Crippen LogP contribution in [0.15, 0.2) is 16.7 Å². The lowest BCUT2D eigenvalue weighted by Crippen LogP contribution is -2.45. The van der Waals surface area contributed by atoms with E-state index in [4.69, 9.17) is 10.5 Å². The predicted octanol–water partition coefficient (Wildman–Crippen LogP) is 0.916. The van der Waals surface area contributed by atoms with E-state index in [0.717, 1.165) is 10.3 Å². The highest BCUT2D eigenvalue weighted by atomic mass is 32.1. The van der Waals surface area contributed by atoms with Crippen LogP contribution in [0.5, 0.6) is 0 Å². The summed E-state index contributed by atoms with van der Waals surface area (Å²) in [5, 5.41) is 22.1. The lowest BCUT2D eigenvalue weighted by Gasteiger charge is -2.28. The van der Waals surface area contributed by atoms with Gasteiger partial charge in [0.25, 0.3) is 0 Å². The third-order valence-electron chi connectivity index (χ3n) is 4.33. The highest BCUT2D eigenvalue weighted by Gasteiger charge is 2.54. The summed E-state index contributed by atoms with van der Waals surface area (Å²) in [4.78, 5) is 12.3. The lowest BCUT2D eigenvalue weighted by molar-refractivity contribution is -0.113. The molecule has 3 rings (SSSR count). The highest BCUT2D eigenvalue weighted by molar-refractivity contribution is 7.17. The fourth-order valence-corrected chi connectivity index (χ4v) is 3.88. The van der Waals surface area contributed by atoms with E-state index in [1.54, 1.807) is 0 Å². The van der Waals surface area contributed by atoms with Gasteiger partial charge in [0.15, 0.2) is 0 Å². The van der Waals surface area contributed by atoms with Crippen molar-refractivity contribution in [3.05, 3.63) is 17.3 Å². The molecule has 0 aliphatic carbocycles. The third-order valence-corrected chi connectivity index (χ3v) is 5.34. The van der Waals surface area contributed by atoms with Crippen molar-refractivity contribution >= 4 is 34.1 Å². The normalized spacial score (nSPS) is 31.7. The van der Waals surface area contributed by atoms with E-state index in [0.29, 0.717) is 17.8 Å². The molecule has 0 unspecified atom stereocenters. The average Bonchev–Trinajstić information content (AvgIpc) is 3.07. The summed E-state index contributed by atoms with van der Waals surface area (Å²) in [6.07, 6.45) is 0.406. The Hall–Kier alpha value is -1.61. The number of nitrogens with zero attached hydrogens (tertiary/aromatic N) is 3. The van der Waals surface area contributed by atoms with Crippen LogP contribution in [0.25, 0.3) is 10.2 Å². The van der Waals surface area contributed by atoms with Gasteiger partial charge < -0.3 is 20.7 Å². The molecular weight excluding hydrogens is 304 g/mol. The van der Waals surface area contributed by atoms with Gasteiger partial charge in [0.05, 0.1) is 16.8 Å². The molecule has 1 aliphatic rings. The minimum absolute atomic E-state index is 0.285. The van der Waals surface area contributed by atoms with E-state index >= 15 is 0 Å². The Kier molecular flexibility index (Phi) is 3.85. The number of aliphatic imine (C=N–C) groups is 1. The molecule has 0 radical (unpaired) electrons. The number of nitrogen functional groups attached to an aromatic ring is 1. The Morgan fingerprint density at radius 3 is 2.95 bits per heavy atom. The standard InChI is InChI=1S/C14H18N4O3S/c1-3-14(5-19)12(20)9(16-2)10(21-14)7-4-22-11-8(7)17-6-18-13(11)15/h4,6,9-10,12,19-20H,2-3,5H2,1H3,(H2,15,17,18)/t9-,10-,12-,14+/m0/s1. The molecule has 0 aromatic carbocycles. The van der Waals surface area contributed by atoms with Crippen LogP contribution in [0.1, 0.15) is 25.0 Å². The van der Waals surface area contributed by atoms with Gasteiger partial charge in [0, 0.05) is 5.56 Å². The zero-order valence-electron chi connectivity index (χ0n) is 12.1. The number of anilines is 1. The predicted molar refractivity (Wildman–Crippen MR) is 85.1 cm³/mol. The SMILES string of the molecule is C=N[C@H]1[C@H](c2csc3c(N)ncnc23)O[C@](CC)(CO)[C@H]1O. The van der Waals surface area contributed by atoms with Crippen LogP contribution in [-0.4, -0.2) is 51.3 Å². The summed E-state index contributed by atoms with van der Waals surface area (Å²) in [5.74, 6) is 0.409. The maximum Gasteiger partial charge on any atom is 0.144 e. The zero-order chi connectivity index (χ0) is 15.9. The van der Waals surface area contributed by atoms with Crippen LogP contribution in [0.2, 0.25) is 0 Å². The summed E-state index contributed by atoms with van der Waals surface area (Å²) in [5.41, 5.74) is 6.30. The van der Waals surface area contributed by atoms with Gasteiger partial charge in [0.2, 0.25) is 0 Å². The second-order valence-electron chi connectivity index (χ2n) is 5.36. The zero-order valence-corrected chi connectivity index (χ0v) is 13.0. The maximum atomic E-state index is 10.5. The Balaban J connectivity index is 2.10. The van der Waals surface area contributed by atoms with Crippen LogP contribution in [0.4, 0.5) is 5.82 Å². The smallest absolute Gasteiger partial charge is 0.144 e. The molecule has 0 saturated carbocycles. The van der Waals surface area contributed by atoms with Gasteiger partial charge in [-0.1, -0.05) is 6.92 Å². The number of aliphatic hydroxyl groups is 2. The number of fused-ring (bicyclic) bond motifs is 1. The van der Waals surface area contributed by atoms with E-state index in [2.05, 4.69) is 21.7 Å². The first kappa shape index (κ1) is 15.3. The molecule has 2 aromatic heterocycles. The van der Waals surface area contributed by atoms with E-state index in [-0.39, 0.29) is 6.61 Å². The van der Waals surface area contributed by atoms with Crippen molar-refractivity contribution in [1.82, 2.24) is 9.97 Å². The molecule has 118 valence electrons. The topological polar surface area (TPSA) is 114 Å². The summed E-state index contributed by atoms with van der Waals surface area (Å²) in [6, 6.07) is -0.568. The molecule has 0 bridgehead atoms. The van der Waals surface area contributed by atoms with Gasteiger partial charge in [-0.15, -0.1) is 11.3 Å². The first-order valence-corrected chi connectivity index (χ1v) is 7.86. The quantitative estimate of drug-likeness (QED) is 0.721. The van der Waals surface area contributed by atoms with Crippen molar-refractivity contribution in [3.8, 4) is 0 Å². The summed E-state index contributed by atoms with van der Waals surface area (Å²) >= 11 is 1.42. The molecule has 4 atom stereocenters. The second-order valence-corrected chi connectivity index (χ2v) is 6.24. The Morgan fingerprint density at radius 2 is 2.32 bits per heavy atom.